The second-order valence-electron chi connectivity index (χ2n) is 4.52. The number of nitrogens with one attached hydrogen (secondary N) is 1. The number of ether oxygens (including phenoxy) is 2. The minimum Gasteiger partial charge on any atom is -0.493 e. The fraction of sp³-hybridized carbons (Fsp3) is 0.125. The van der Waals surface area contributed by atoms with Gasteiger partial charge in [-0.1, -0.05) is 6.07 Å². The molecule has 0 atom stereocenters. The lowest BCUT2D eigenvalue weighted by Crippen LogP contribution is -2.09. The average molecular weight is 282 g/mol. The van der Waals surface area contributed by atoms with Gasteiger partial charge in [0.2, 0.25) is 0 Å². The summed E-state index contributed by atoms with van der Waals surface area (Å²) in [6.45, 7) is 0. The molecule has 0 spiro atoms. The Hall–Kier alpha value is -2.82. The van der Waals surface area contributed by atoms with Crippen molar-refractivity contribution in [3.63, 3.8) is 0 Å². The van der Waals surface area contributed by atoms with Gasteiger partial charge in [-0.3, -0.25) is 4.79 Å². The van der Waals surface area contributed by atoms with E-state index < -0.39 is 0 Å². The van der Waals surface area contributed by atoms with Gasteiger partial charge in [-0.25, -0.2) is 4.98 Å². The van der Waals surface area contributed by atoms with Crippen LogP contribution in [0.4, 0.5) is 0 Å². The van der Waals surface area contributed by atoms with Crippen LogP contribution in [-0.2, 0) is 0 Å². The molecule has 106 valence electrons. The fourth-order valence-electron chi connectivity index (χ4n) is 2.25. The van der Waals surface area contributed by atoms with Crippen molar-refractivity contribution in [1.29, 1.82) is 0 Å². The zero-order valence-electron chi connectivity index (χ0n) is 11.7. The summed E-state index contributed by atoms with van der Waals surface area (Å²) < 4.78 is 10.5. The predicted octanol–water partition coefficient (Wildman–Crippen LogP) is 2.61. The molecule has 3 rings (SSSR count). The van der Waals surface area contributed by atoms with Crippen molar-refractivity contribution in [1.82, 2.24) is 9.97 Å². The quantitative estimate of drug-likeness (QED) is 0.802. The van der Waals surface area contributed by atoms with Gasteiger partial charge in [0, 0.05) is 17.1 Å². The standard InChI is InChI=1S/C16H14N2O3/c1-20-13-6-5-10(9-14(13)21-2)12-8-11-4-3-7-17-15(11)18-16(12)19/h3-9H,1-2H3,(H,17,18,19). The van der Waals surface area contributed by atoms with Crippen molar-refractivity contribution in [2.24, 2.45) is 0 Å². The van der Waals surface area contributed by atoms with Gasteiger partial charge in [-0.05, 0) is 35.9 Å². The van der Waals surface area contributed by atoms with Gasteiger partial charge in [0.1, 0.15) is 5.65 Å². The summed E-state index contributed by atoms with van der Waals surface area (Å²) in [4.78, 5) is 19.1. The molecule has 0 fully saturated rings. The van der Waals surface area contributed by atoms with E-state index in [0.29, 0.717) is 22.7 Å². The van der Waals surface area contributed by atoms with Gasteiger partial charge in [-0.15, -0.1) is 0 Å². The Morgan fingerprint density at radius 2 is 1.86 bits per heavy atom. The molecule has 0 aliphatic carbocycles. The van der Waals surface area contributed by atoms with Crippen LogP contribution in [0.15, 0.2) is 47.4 Å². The molecule has 1 aromatic carbocycles. The fourth-order valence-corrected chi connectivity index (χ4v) is 2.25. The van der Waals surface area contributed by atoms with E-state index in [9.17, 15) is 4.79 Å². The molecule has 2 aromatic heterocycles. The van der Waals surface area contributed by atoms with E-state index >= 15 is 0 Å². The van der Waals surface area contributed by atoms with Gasteiger partial charge >= 0.3 is 0 Å². The van der Waals surface area contributed by atoms with E-state index in [4.69, 9.17) is 9.47 Å². The maximum Gasteiger partial charge on any atom is 0.257 e. The number of aromatic amines is 1. The lowest BCUT2D eigenvalue weighted by Gasteiger charge is -2.09. The second-order valence-corrected chi connectivity index (χ2v) is 4.52. The number of benzene rings is 1. The molecule has 0 saturated carbocycles. The van der Waals surface area contributed by atoms with Crippen LogP contribution in [0.2, 0.25) is 0 Å². The summed E-state index contributed by atoms with van der Waals surface area (Å²) in [6.07, 6.45) is 1.65. The van der Waals surface area contributed by atoms with Gasteiger partial charge in [0.25, 0.3) is 5.56 Å². The lowest BCUT2D eigenvalue weighted by molar-refractivity contribution is 0.355. The first-order valence-corrected chi connectivity index (χ1v) is 6.43. The molecule has 0 aliphatic rings. The number of fused-ring (bicyclic) bond motifs is 1. The Balaban J connectivity index is 2.20. The molecule has 0 amide bonds. The first-order valence-electron chi connectivity index (χ1n) is 6.43. The van der Waals surface area contributed by atoms with Crippen molar-refractivity contribution >= 4 is 11.0 Å². The first kappa shape index (κ1) is 13.2. The molecule has 5 heteroatoms. The van der Waals surface area contributed by atoms with Crippen LogP contribution >= 0.6 is 0 Å². The molecule has 0 unspecified atom stereocenters. The number of rotatable bonds is 3. The summed E-state index contributed by atoms with van der Waals surface area (Å²) in [5.74, 6) is 1.21. The number of pyridine rings is 2. The Bertz CT molecular complexity index is 856. The molecule has 0 bridgehead atoms. The highest BCUT2D eigenvalue weighted by molar-refractivity contribution is 5.81. The third-order valence-corrected chi connectivity index (χ3v) is 3.31. The van der Waals surface area contributed by atoms with Gasteiger partial charge in [0.15, 0.2) is 11.5 Å². The maximum absolute atomic E-state index is 12.2. The number of hydrogen-bond donors (Lipinski definition) is 1. The van der Waals surface area contributed by atoms with E-state index in [0.717, 1.165) is 10.9 Å². The molecule has 1 N–H and O–H groups in total. The summed E-state index contributed by atoms with van der Waals surface area (Å²) in [7, 11) is 3.14. The smallest absolute Gasteiger partial charge is 0.257 e. The highest BCUT2D eigenvalue weighted by atomic mass is 16.5. The van der Waals surface area contributed by atoms with Gasteiger partial charge < -0.3 is 14.5 Å². The van der Waals surface area contributed by atoms with E-state index in [1.165, 1.54) is 0 Å². The van der Waals surface area contributed by atoms with Crippen molar-refractivity contribution < 1.29 is 9.47 Å². The Kier molecular flexibility index (Phi) is 3.31. The number of aromatic nitrogens is 2. The maximum atomic E-state index is 12.2. The molecular formula is C16H14N2O3. The van der Waals surface area contributed by atoms with Crippen LogP contribution in [0.25, 0.3) is 22.2 Å². The Morgan fingerprint density at radius 1 is 1.05 bits per heavy atom. The largest absolute Gasteiger partial charge is 0.493 e. The SMILES string of the molecule is COc1ccc(-c2cc3cccnc3[nH]c2=O)cc1OC. The summed E-state index contributed by atoms with van der Waals surface area (Å²) >= 11 is 0. The molecular weight excluding hydrogens is 268 g/mol. The van der Waals surface area contributed by atoms with Crippen LogP contribution in [0, 0.1) is 0 Å². The van der Waals surface area contributed by atoms with E-state index in [1.54, 1.807) is 32.5 Å². The minimum absolute atomic E-state index is 0.187. The number of nitrogens with zero attached hydrogens (tertiary/aromatic N) is 1. The number of hydrogen-bond acceptors (Lipinski definition) is 4. The van der Waals surface area contributed by atoms with Crippen molar-refractivity contribution in [2.75, 3.05) is 14.2 Å². The number of methoxy groups -OCH3 is 2. The van der Waals surface area contributed by atoms with E-state index in [2.05, 4.69) is 9.97 Å². The summed E-state index contributed by atoms with van der Waals surface area (Å²) in [5.41, 5.74) is 1.72. The zero-order chi connectivity index (χ0) is 14.8. The topological polar surface area (TPSA) is 64.2 Å². The zero-order valence-corrected chi connectivity index (χ0v) is 11.7. The molecule has 0 aliphatic heterocycles. The highest BCUT2D eigenvalue weighted by Gasteiger charge is 2.10. The van der Waals surface area contributed by atoms with Gasteiger partial charge in [0.05, 0.1) is 14.2 Å². The van der Waals surface area contributed by atoms with Crippen LogP contribution in [0.5, 0.6) is 11.5 Å². The van der Waals surface area contributed by atoms with Crippen molar-refractivity contribution in [3.05, 3.63) is 52.9 Å². The molecule has 2 heterocycles. The molecule has 0 radical (unpaired) electrons. The molecule has 5 nitrogen and oxygen atoms in total. The average Bonchev–Trinajstić information content (AvgIpc) is 2.53. The van der Waals surface area contributed by atoms with Crippen LogP contribution in [0.1, 0.15) is 0 Å². The number of H-pyrrole nitrogens is 1. The Morgan fingerprint density at radius 3 is 2.62 bits per heavy atom. The predicted molar refractivity (Wildman–Crippen MR) is 80.9 cm³/mol. The highest BCUT2D eigenvalue weighted by Crippen LogP contribution is 2.31. The third kappa shape index (κ3) is 2.33. The second kappa shape index (κ2) is 5.28. The van der Waals surface area contributed by atoms with Crippen molar-refractivity contribution in [2.45, 2.75) is 0 Å². The minimum atomic E-state index is -0.187. The summed E-state index contributed by atoms with van der Waals surface area (Å²) in [6, 6.07) is 10.9. The third-order valence-electron chi connectivity index (χ3n) is 3.31. The normalized spacial score (nSPS) is 10.6. The molecule has 21 heavy (non-hydrogen) atoms. The Labute approximate surface area is 121 Å². The van der Waals surface area contributed by atoms with Crippen LogP contribution < -0.4 is 15.0 Å². The van der Waals surface area contributed by atoms with Crippen LogP contribution in [-0.4, -0.2) is 24.2 Å². The summed E-state index contributed by atoms with van der Waals surface area (Å²) in [5, 5.41) is 0.877. The van der Waals surface area contributed by atoms with Crippen molar-refractivity contribution in [3.8, 4) is 22.6 Å². The monoisotopic (exact) mass is 282 g/mol. The first-order chi connectivity index (χ1) is 10.2. The molecule has 0 saturated heterocycles. The van der Waals surface area contributed by atoms with Crippen LogP contribution in [0.3, 0.4) is 0 Å². The van der Waals surface area contributed by atoms with E-state index in [1.807, 2.05) is 24.3 Å². The molecule has 3 aromatic rings. The van der Waals surface area contributed by atoms with E-state index in [-0.39, 0.29) is 5.56 Å². The van der Waals surface area contributed by atoms with Gasteiger partial charge in [-0.2, -0.15) is 0 Å². The lowest BCUT2D eigenvalue weighted by atomic mass is 10.1.